The Morgan fingerprint density at radius 1 is 1.45 bits per heavy atom. The molecule has 5 heteroatoms. The summed E-state index contributed by atoms with van der Waals surface area (Å²) in [4.78, 5) is 29.4. The summed E-state index contributed by atoms with van der Waals surface area (Å²) >= 11 is 0. The van der Waals surface area contributed by atoms with Gasteiger partial charge in [-0.3, -0.25) is 9.59 Å². The van der Waals surface area contributed by atoms with Crippen LogP contribution in [0.15, 0.2) is 23.0 Å². The maximum Gasteiger partial charge on any atom is 0.258 e. The van der Waals surface area contributed by atoms with Gasteiger partial charge in [0, 0.05) is 25.5 Å². The van der Waals surface area contributed by atoms with Gasteiger partial charge in [0.1, 0.15) is 5.82 Å². The number of hydrogen-bond donors (Lipinski definition) is 2. The van der Waals surface area contributed by atoms with E-state index in [0.29, 0.717) is 29.7 Å². The standard InChI is InChI=1S/C15H15N3O2/c1-10-17-14-7-6-12(9-13(14)15(20)18-10)5-3-4-8-16-11(2)19/h6-7,9H,4,8H2,1-2H3,(H,16,19)(H,17,18,20). The van der Waals surface area contributed by atoms with E-state index in [9.17, 15) is 9.59 Å². The molecule has 102 valence electrons. The average molecular weight is 269 g/mol. The second-order valence-electron chi connectivity index (χ2n) is 4.42. The zero-order valence-electron chi connectivity index (χ0n) is 11.4. The van der Waals surface area contributed by atoms with Gasteiger partial charge < -0.3 is 10.3 Å². The average Bonchev–Trinajstić information content (AvgIpc) is 2.38. The number of benzene rings is 1. The largest absolute Gasteiger partial charge is 0.355 e. The zero-order valence-corrected chi connectivity index (χ0v) is 11.4. The summed E-state index contributed by atoms with van der Waals surface area (Å²) in [7, 11) is 0. The van der Waals surface area contributed by atoms with E-state index >= 15 is 0 Å². The second kappa shape index (κ2) is 6.02. The van der Waals surface area contributed by atoms with Gasteiger partial charge in [-0.05, 0) is 25.1 Å². The minimum atomic E-state index is -0.158. The third-order valence-corrected chi connectivity index (χ3v) is 2.68. The third-order valence-electron chi connectivity index (χ3n) is 2.68. The maximum absolute atomic E-state index is 11.8. The molecule has 0 aliphatic rings. The van der Waals surface area contributed by atoms with Crippen LogP contribution in [0.3, 0.4) is 0 Å². The molecule has 1 heterocycles. The van der Waals surface area contributed by atoms with Crippen LogP contribution in [0.4, 0.5) is 0 Å². The summed E-state index contributed by atoms with van der Waals surface area (Å²) < 4.78 is 0. The van der Waals surface area contributed by atoms with Crippen LogP contribution >= 0.6 is 0 Å². The Bertz CT molecular complexity index is 766. The van der Waals surface area contributed by atoms with Crippen LogP contribution in [-0.4, -0.2) is 22.4 Å². The van der Waals surface area contributed by atoms with Gasteiger partial charge >= 0.3 is 0 Å². The first-order chi connectivity index (χ1) is 9.56. The number of amides is 1. The van der Waals surface area contributed by atoms with Crippen molar-refractivity contribution in [3.05, 3.63) is 39.9 Å². The molecule has 0 aliphatic heterocycles. The van der Waals surface area contributed by atoms with Crippen molar-refractivity contribution in [2.24, 2.45) is 0 Å². The number of carbonyl (C=O) groups excluding carboxylic acids is 1. The van der Waals surface area contributed by atoms with E-state index < -0.39 is 0 Å². The molecule has 0 aliphatic carbocycles. The van der Waals surface area contributed by atoms with Crippen LogP contribution in [0.1, 0.15) is 24.7 Å². The second-order valence-corrected chi connectivity index (χ2v) is 4.42. The monoisotopic (exact) mass is 269 g/mol. The lowest BCUT2D eigenvalue weighted by Gasteiger charge is -1.99. The Morgan fingerprint density at radius 2 is 2.25 bits per heavy atom. The Kier molecular flexibility index (Phi) is 4.16. The number of rotatable bonds is 2. The number of nitrogens with one attached hydrogen (secondary N) is 2. The van der Waals surface area contributed by atoms with Gasteiger partial charge in [-0.1, -0.05) is 11.8 Å². The van der Waals surface area contributed by atoms with Crippen molar-refractivity contribution in [3.8, 4) is 11.8 Å². The van der Waals surface area contributed by atoms with E-state index in [1.807, 2.05) is 6.07 Å². The predicted molar refractivity (Wildman–Crippen MR) is 77.3 cm³/mol. The molecular weight excluding hydrogens is 254 g/mol. The number of hydrogen-bond acceptors (Lipinski definition) is 3. The molecule has 1 aromatic carbocycles. The molecule has 2 rings (SSSR count). The Labute approximate surface area is 116 Å². The highest BCUT2D eigenvalue weighted by Crippen LogP contribution is 2.09. The normalized spacial score (nSPS) is 9.90. The lowest BCUT2D eigenvalue weighted by atomic mass is 10.1. The van der Waals surface area contributed by atoms with Crippen LogP contribution in [0.5, 0.6) is 0 Å². The zero-order chi connectivity index (χ0) is 14.5. The van der Waals surface area contributed by atoms with Gasteiger partial charge in [-0.2, -0.15) is 0 Å². The summed E-state index contributed by atoms with van der Waals surface area (Å²) in [6.07, 6.45) is 0.570. The quantitative estimate of drug-likeness (QED) is 0.633. The summed E-state index contributed by atoms with van der Waals surface area (Å²) in [6.45, 7) is 3.74. The van der Waals surface area contributed by atoms with Crippen LogP contribution in [-0.2, 0) is 4.79 Å². The van der Waals surface area contributed by atoms with Crippen molar-refractivity contribution in [3.63, 3.8) is 0 Å². The van der Waals surface area contributed by atoms with E-state index in [1.165, 1.54) is 6.92 Å². The summed E-state index contributed by atoms with van der Waals surface area (Å²) in [5, 5.41) is 3.20. The fraction of sp³-hybridized carbons (Fsp3) is 0.267. The Morgan fingerprint density at radius 3 is 3.00 bits per heavy atom. The molecule has 0 spiro atoms. The molecule has 5 nitrogen and oxygen atoms in total. The number of nitrogens with zero attached hydrogens (tertiary/aromatic N) is 1. The molecule has 2 N–H and O–H groups in total. The molecule has 0 atom stereocenters. The molecule has 0 radical (unpaired) electrons. The fourth-order valence-corrected chi connectivity index (χ4v) is 1.80. The van der Waals surface area contributed by atoms with Crippen LogP contribution in [0, 0.1) is 18.8 Å². The van der Waals surface area contributed by atoms with Crippen LogP contribution in [0.2, 0.25) is 0 Å². The van der Waals surface area contributed by atoms with Crippen molar-refractivity contribution in [1.82, 2.24) is 15.3 Å². The summed E-state index contributed by atoms with van der Waals surface area (Å²) in [5.74, 6) is 6.46. The molecule has 0 bridgehead atoms. The highest BCUT2D eigenvalue weighted by atomic mass is 16.1. The number of aromatic amines is 1. The van der Waals surface area contributed by atoms with Gasteiger partial charge in [-0.25, -0.2) is 4.98 Å². The highest BCUT2D eigenvalue weighted by molar-refractivity contribution is 5.79. The molecule has 1 aromatic heterocycles. The minimum Gasteiger partial charge on any atom is -0.355 e. The SMILES string of the molecule is CC(=O)NCCC#Cc1ccc2nc(C)[nH]c(=O)c2c1. The van der Waals surface area contributed by atoms with Crippen molar-refractivity contribution >= 4 is 16.8 Å². The molecule has 20 heavy (non-hydrogen) atoms. The highest BCUT2D eigenvalue weighted by Gasteiger charge is 2.01. The fourth-order valence-electron chi connectivity index (χ4n) is 1.80. The molecule has 0 saturated carbocycles. The Balaban J connectivity index is 2.18. The molecule has 1 amide bonds. The molecular formula is C15H15N3O2. The number of aryl methyl sites for hydroxylation is 1. The first kappa shape index (κ1) is 13.8. The Hall–Kier alpha value is -2.61. The lowest BCUT2D eigenvalue weighted by molar-refractivity contribution is -0.118. The van der Waals surface area contributed by atoms with Crippen LogP contribution in [0.25, 0.3) is 10.9 Å². The molecule has 0 fully saturated rings. The lowest BCUT2D eigenvalue weighted by Crippen LogP contribution is -2.20. The van der Waals surface area contributed by atoms with Gasteiger partial charge in [0.05, 0.1) is 10.9 Å². The van der Waals surface area contributed by atoms with Crippen molar-refractivity contribution in [2.45, 2.75) is 20.3 Å². The molecule has 0 saturated heterocycles. The van der Waals surface area contributed by atoms with Crippen molar-refractivity contribution in [2.75, 3.05) is 6.54 Å². The number of aromatic nitrogens is 2. The smallest absolute Gasteiger partial charge is 0.258 e. The first-order valence-electron chi connectivity index (χ1n) is 6.30. The molecule has 2 aromatic rings. The summed E-state index contributed by atoms with van der Waals surface area (Å²) in [6, 6.07) is 5.35. The van der Waals surface area contributed by atoms with Gasteiger partial charge in [-0.15, -0.1) is 0 Å². The van der Waals surface area contributed by atoms with Crippen molar-refractivity contribution < 1.29 is 4.79 Å². The predicted octanol–water partition coefficient (Wildman–Crippen LogP) is 1.11. The third kappa shape index (κ3) is 3.45. The topological polar surface area (TPSA) is 74.8 Å². The van der Waals surface area contributed by atoms with E-state index in [4.69, 9.17) is 0 Å². The number of H-pyrrole nitrogens is 1. The van der Waals surface area contributed by atoms with E-state index in [2.05, 4.69) is 27.1 Å². The first-order valence-corrected chi connectivity index (χ1v) is 6.30. The van der Waals surface area contributed by atoms with Crippen LogP contribution < -0.4 is 10.9 Å². The summed E-state index contributed by atoms with van der Waals surface area (Å²) in [5.41, 5.74) is 1.26. The maximum atomic E-state index is 11.8. The van der Waals surface area contributed by atoms with Gasteiger partial charge in [0.25, 0.3) is 5.56 Å². The minimum absolute atomic E-state index is 0.0644. The van der Waals surface area contributed by atoms with Gasteiger partial charge in [0.15, 0.2) is 0 Å². The number of fused-ring (bicyclic) bond motifs is 1. The van der Waals surface area contributed by atoms with Gasteiger partial charge in [0.2, 0.25) is 5.91 Å². The van der Waals surface area contributed by atoms with E-state index in [-0.39, 0.29) is 11.5 Å². The molecule has 0 unspecified atom stereocenters. The van der Waals surface area contributed by atoms with E-state index in [0.717, 1.165) is 5.56 Å². The van der Waals surface area contributed by atoms with E-state index in [1.54, 1.807) is 19.1 Å². The van der Waals surface area contributed by atoms with Crippen molar-refractivity contribution in [1.29, 1.82) is 0 Å². The number of carbonyl (C=O) groups is 1.